The zero-order chi connectivity index (χ0) is 16.8. The van der Waals surface area contributed by atoms with Crippen molar-refractivity contribution < 1.29 is 9.59 Å². The van der Waals surface area contributed by atoms with Crippen LogP contribution in [-0.4, -0.2) is 34.9 Å². The minimum atomic E-state index is -0.195. The van der Waals surface area contributed by atoms with Gasteiger partial charge in [-0.05, 0) is 30.3 Å². The van der Waals surface area contributed by atoms with Gasteiger partial charge < -0.3 is 10.2 Å². The molecular weight excluding hydrogens is 320 g/mol. The Morgan fingerprint density at radius 1 is 1.08 bits per heavy atom. The minimum absolute atomic E-state index is 0.0117. The zero-order valence-electron chi connectivity index (χ0n) is 13.0. The van der Waals surface area contributed by atoms with Crippen molar-refractivity contribution in [2.75, 3.05) is 23.5 Å². The smallest absolute Gasteiger partial charge is 0.244 e. The second-order valence-corrected chi connectivity index (χ2v) is 6.27. The normalized spacial score (nSPS) is 13.3. The van der Waals surface area contributed by atoms with Crippen LogP contribution in [0.25, 0.3) is 0 Å². The Kier molecular flexibility index (Phi) is 5.19. The van der Waals surface area contributed by atoms with Gasteiger partial charge in [0.2, 0.25) is 11.8 Å². The number of thioether (sulfide) groups is 1. The lowest BCUT2D eigenvalue weighted by Gasteiger charge is -2.14. The lowest BCUT2D eigenvalue weighted by molar-refractivity contribution is -0.130. The largest absolute Gasteiger partial charge is 0.325 e. The fourth-order valence-corrected chi connectivity index (χ4v) is 3.16. The monoisotopic (exact) mass is 336 g/mol. The van der Waals surface area contributed by atoms with Crippen LogP contribution in [0, 0.1) is 11.8 Å². The first-order valence-electron chi connectivity index (χ1n) is 7.53. The molecule has 24 heavy (non-hydrogen) atoms. The molecule has 0 radical (unpaired) electrons. The van der Waals surface area contributed by atoms with E-state index in [0.29, 0.717) is 17.3 Å². The number of amides is 2. The first kappa shape index (κ1) is 16.2. The molecule has 1 heterocycles. The van der Waals surface area contributed by atoms with Gasteiger partial charge in [0, 0.05) is 16.8 Å². The van der Waals surface area contributed by atoms with Crippen LogP contribution in [-0.2, 0) is 9.59 Å². The first-order valence-corrected chi connectivity index (χ1v) is 8.69. The summed E-state index contributed by atoms with van der Waals surface area (Å²) in [4.78, 5) is 25.2. The standard InChI is InChI=1S/C19H16N2O2S/c22-18(12-21-14-24-13-19(21)23)20-17-8-4-7-16(11-17)10-9-15-5-2-1-3-6-15/h1-8,11H,12-14H2,(H,20,22). The van der Waals surface area contributed by atoms with Crippen LogP contribution in [0.4, 0.5) is 5.69 Å². The molecule has 0 aromatic heterocycles. The van der Waals surface area contributed by atoms with Gasteiger partial charge >= 0.3 is 0 Å². The highest BCUT2D eigenvalue weighted by molar-refractivity contribution is 8.00. The summed E-state index contributed by atoms with van der Waals surface area (Å²) in [7, 11) is 0. The molecule has 5 heteroatoms. The van der Waals surface area contributed by atoms with Gasteiger partial charge in [-0.2, -0.15) is 0 Å². The lowest BCUT2D eigenvalue weighted by Crippen LogP contribution is -2.34. The highest BCUT2D eigenvalue weighted by Crippen LogP contribution is 2.15. The Hall–Kier alpha value is -2.71. The molecule has 1 aliphatic heterocycles. The summed E-state index contributed by atoms with van der Waals surface area (Å²) in [5, 5.41) is 2.82. The van der Waals surface area contributed by atoms with Crippen molar-refractivity contribution in [3.63, 3.8) is 0 Å². The Bertz CT molecular complexity index is 809. The molecule has 4 nitrogen and oxygen atoms in total. The third-order valence-corrected chi connectivity index (χ3v) is 4.38. The van der Waals surface area contributed by atoms with Crippen LogP contribution in [0.5, 0.6) is 0 Å². The van der Waals surface area contributed by atoms with Crippen LogP contribution in [0.3, 0.4) is 0 Å². The third kappa shape index (κ3) is 4.40. The summed E-state index contributed by atoms with van der Waals surface area (Å²) in [6, 6.07) is 17.1. The van der Waals surface area contributed by atoms with Gasteiger partial charge in [0.1, 0.15) is 6.54 Å². The number of nitrogens with zero attached hydrogens (tertiary/aromatic N) is 1. The number of benzene rings is 2. The first-order chi connectivity index (χ1) is 11.7. The summed E-state index contributed by atoms with van der Waals surface area (Å²) in [5.41, 5.74) is 2.45. The number of anilines is 1. The quantitative estimate of drug-likeness (QED) is 0.877. The molecule has 2 aromatic carbocycles. The summed E-state index contributed by atoms with van der Waals surface area (Å²) in [5.74, 6) is 7.02. The van der Waals surface area contributed by atoms with Crippen molar-refractivity contribution in [1.29, 1.82) is 0 Å². The van der Waals surface area contributed by atoms with Crippen LogP contribution >= 0.6 is 11.8 Å². The van der Waals surface area contributed by atoms with E-state index in [1.807, 2.05) is 54.6 Å². The Balaban J connectivity index is 1.64. The predicted molar refractivity (Wildman–Crippen MR) is 96.5 cm³/mol. The van der Waals surface area contributed by atoms with Crippen LogP contribution in [0.1, 0.15) is 11.1 Å². The molecule has 0 saturated carbocycles. The van der Waals surface area contributed by atoms with E-state index in [9.17, 15) is 9.59 Å². The van der Waals surface area contributed by atoms with E-state index >= 15 is 0 Å². The van der Waals surface area contributed by atoms with Crippen molar-refractivity contribution >= 4 is 29.3 Å². The van der Waals surface area contributed by atoms with Gasteiger partial charge in [-0.15, -0.1) is 11.8 Å². The van der Waals surface area contributed by atoms with Crippen molar-refractivity contribution in [2.45, 2.75) is 0 Å². The number of hydrogen-bond donors (Lipinski definition) is 1. The second-order valence-electron chi connectivity index (χ2n) is 5.31. The fraction of sp³-hybridized carbons (Fsp3) is 0.158. The Morgan fingerprint density at radius 2 is 1.83 bits per heavy atom. The summed E-state index contributed by atoms with van der Waals surface area (Å²) in [6.45, 7) is 0.0890. The third-order valence-electron chi connectivity index (χ3n) is 3.43. The van der Waals surface area contributed by atoms with Crippen molar-refractivity contribution in [1.82, 2.24) is 4.90 Å². The molecule has 3 rings (SSSR count). The maximum Gasteiger partial charge on any atom is 0.244 e. The van der Waals surface area contributed by atoms with E-state index < -0.39 is 0 Å². The molecule has 1 N–H and O–H groups in total. The molecule has 1 aliphatic rings. The van der Waals surface area contributed by atoms with Gasteiger partial charge in [0.15, 0.2) is 0 Å². The van der Waals surface area contributed by atoms with E-state index in [1.54, 1.807) is 4.90 Å². The molecule has 2 aromatic rings. The number of carbonyl (C=O) groups excluding carboxylic acids is 2. The molecule has 1 saturated heterocycles. The summed E-state index contributed by atoms with van der Waals surface area (Å²) >= 11 is 1.52. The number of hydrogen-bond acceptors (Lipinski definition) is 3. The molecule has 1 fully saturated rings. The number of nitrogens with one attached hydrogen (secondary N) is 1. The lowest BCUT2D eigenvalue weighted by atomic mass is 10.1. The summed E-state index contributed by atoms with van der Waals surface area (Å²) < 4.78 is 0. The zero-order valence-corrected chi connectivity index (χ0v) is 13.8. The maximum absolute atomic E-state index is 12.1. The molecule has 0 atom stereocenters. The van der Waals surface area contributed by atoms with Crippen LogP contribution in [0.15, 0.2) is 54.6 Å². The molecule has 0 unspecified atom stereocenters. The fourth-order valence-electron chi connectivity index (χ4n) is 2.25. The highest BCUT2D eigenvalue weighted by Gasteiger charge is 2.22. The predicted octanol–water partition coefficient (Wildman–Crippen LogP) is 2.56. The van der Waals surface area contributed by atoms with Gasteiger partial charge in [-0.1, -0.05) is 36.1 Å². The number of rotatable bonds is 3. The Morgan fingerprint density at radius 3 is 2.58 bits per heavy atom. The van der Waals surface area contributed by atoms with Crippen LogP contribution in [0.2, 0.25) is 0 Å². The van der Waals surface area contributed by atoms with Gasteiger partial charge in [-0.25, -0.2) is 0 Å². The topological polar surface area (TPSA) is 49.4 Å². The van der Waals surface area contributed by atoms with Crippen molar-refractivity contribution in [3.05, 3.63) is 65.7 Å². The molecule has 2 amide bonds. The van der Waals surface area contributed by atoms with E-state index in [-0.39, 0.29) is 18.4 Å². The minimum Gasteiger partial charge on any atom is -0.325 e. The maximum atomic E-state index is 12.1. The van der Waals surface area contributed by atoms with Crippen LogP contribution < -0.4 is 5.32 Å². The van der Waals surface area contributed by atoms with E-state index in [4.69, 9.17) is 0 Å². The average Bonchev–Trinajstić information content (AvgIpc) is 2.99. The molecule has 0 aliphatic carbocycles. The van der Waals surface area contributed by atoms with Gasteiger partial charge in [-0.3, -0.25) is 9.59 Å². The average molecular weight is 336 g/mol. The van der Waals surface area contributed by atoms with Crippen molar-refractivity contribution in [2.24, 2.45) is 0 Å². The number of carbonyl (C=O) groups is 2. The Labute approximate surface area is 145 Å². The summed E-state index contributed by atoms with van der Waals surface area (Å²) in [6.07, 6.45) is 0. The van der Waals surface area contributed by atoms with Crippen molar-refractivity contribution in [3.8, 4) is 11.8 Å². The van der Waals surface area contributed by atoms with E-state index in [1.165, 1.54) is 11.8 Å². The molecule has 0 bridgehead atoms. The molecular formula is C19H16N2O2S. The van der Waals surface area contributed by atoms with Gasteiger partial charge in [0.05, 0.1) is 11.6 Å². The van der Waals surface area contributed by atoms with Gasteiger partial charge in [0.25, 0.3) is 0 Å². The van der Waals surface area contributed by atoms with E-state index in [2.05, 4.69) is 17.2 Å². The molecule has 120 valence electrons. The van der Waals surface area contributed by atoms with E-state index in [0.717, 1.165) is 11.1 Å². The highest BCUT2D eigenvalue weighted by atomic mass is 32.2. The SMILES string of the molecule is O=C(CN1CSCC1=O)Nc1cccc(C#Cc2ccccc2)c1. The molecule has 0 spiro atoms. The second kappa shape index (κ2) is 7.71.